The van der Waals surface area contributed by atoms with Crippen molar-refractivity contribution in [3.8, 4) is 11.5 Å². The highest BCUT2D eigenvalue weighted by atomic mass is 16.5. The molecule has 152 valence electrons. The number of aryl methyl sites for hydroxylation is 1. The summed E-state index contributed by atoms with van der Waals surface area (Å²) in [6.45, 7) is 1.38. The first-order valence-electron chi connectivity index (χ1n) is 9.43. The SMILES string of the molecule is O=Cc1cccc(OCc2cn(CCCOc3ccc4ccc(=O)oc4c3)nn2)c1. The predicted molar refractivity (Wildman–Crippen MR) is 109 cm³/mol. The number of benzene rings is 2. The van der Waals surface area contributed by atoms with E-state index in [4.69, 9.17) is 13.9 Å². The van der Waals surface area contributed by atoms with Crippen LogP contribution in [0.15, 0.2) is 70.0 Å². The van der Waals surface area contributed by atoms with Gasteiger partial charge in [0.2, 0.25) is 0 Å². The molecule has 0 saturated heterocycles. The van der Waals surface area contributed by atoms with Crippen molar-refractivity contribution in [3.63, 3.8) is 0 Å². The number of carbonyl (C=O) groups is 1. The summed E-state index contributed by atoms with van der Waals surface area (Å²) in [5.41, 5.74) is 1.36. The lowest BCUT2D eigenvalue weighted by molar-refractivity contribution is 0.112. The monoisotopic (exact) mass is 405 g/mol. The highest BCUT2D eigenvalue weighted by molar-refractivity contribution is 5.77. The van der Waals surface area contributed by atoms with Crippen molar-refractivity contribution in [2.45, 2.75) is 19.6 Å². The van der Waals surface area contributed by atoms with Crippen LogP contribution in [-0.4, -0.2) is 27.9 Å². The van der Waals surface area contributed by atoms with Gasteiger partial charge >= 0.3 is 5.63 Å². The third-order valence-electron chi connectivity index (χ3n) is 4.36. The third kappa shape index (κ3) is 4.91. The molecule has 8 nitrogen and oxygen atoms in total. The molecule has 8 heteroatoms. The summed E-state index contributed by atoms with van der Waals surface area (Å²) in [7, 11) is 0. The van der Waals surface area contributed by atoms with E-state index in [2.05, 4.69) is 10.3 Å². The van der Waals surface area contributed by atoms with E-state index >= 15 is 0 Å². The first-order valence-corrected chi connectivity index (χ1v) is 9.43. The lowest BCUT2D eigenvalue weighted by atomic mass is 10.2. The molecule has 0 spiro atoms. The summed E-state index contributed by atoms with van der Waals surface area (Å²) in [5.74, 6) is 1.25. The molecule has 4 aromatic rings. The largest absolute Gasteiger partial charge is 0.493 e. The van der Waals surface area contributed by atoms with E-state index in [9.17, 15) is 9.59 Å². The maximum absolute atomic E-state index is 11.3. The smallest absolute Gasteiger partial charge is 0.336 e. The van der Waals surface area contributed by atoms with Crippen molar-refractivity contribution < 1.29 is 18.7 Å². The fourth-order valence-electron chi connectivity index (χ4n) is 2.90. The van der Waals surface area contributed by atoms with E-state index in [0.29, 0.717) is 41.5 Å². The van der Waals surface area contributed by atoms with Crippen LogP contribution in [0.2, 0.25) is 0 Å². The third-order valence-corrected chi connectivity index (χ3v) is 4.36. The van der Waals surface area contributed by atoms with Crippen LogP contribution in [0.4, 0.5) is 0 Å². The van der Waals surface area contributed by atoms with Crippen LogP contribution in [0.3, 0.4) is 0 Å². The van der Waals surface area contributed by atoms with Crippen LogP contribution in [0.25, 0.3) is 11.0 Å². The number of aldehydes is 1. The Bertz CT molecular complexity index is 1210. The molecule has 0 aliphatic carbocycles. The minimum Gasteiger partial charge on any atom is -0.493 e. The second kappa shape index (κ2) is 9.04. The number of nitrogens with zero attached hydrogens (tertiary/aromatic N) is 3. The van der Waals surface area contributed by atoms with Gasteiger partial charge in [0, 0.05) is 36.0 Å². The van der Waals surface area contributed by atoms with Gasteiger partial charge in [-0.05, 0) is 30.3 Å². The highest BCUT2D eigenvalue weighted by Gasteiger charge is 2.04. The Hall–Kier alpha value is -3.94. The van der Waals surface area contributed by atoms with Gasteiger partial charge in [0.1, 0.15) is 35.7 Å². The van der Waals surface area contributed by atoms with Crippen molar-refractivity contribution in [1.29, 1.82) is 0 Å². The first kappa shape index (κ1) is 19.4. The van der Waals surface area contributed by atoms with Crippen molar-refractivity contribution in [2.75, 3.05) is 6.61 Å². The second-order valence-electron chi connectivity index (χ2n) is 6.61. The number of hydrogen-bond donors (Lipinski definition) is 0. The Morgan fingerprint density at radius 1 is 1.03 bits per heavy atom. The van der Waals surface area contributed by atoms with E-state index in [1.807, 2.05) is 18.3 Å². The maximum Gasteiger partial charge on any atom is 0.336 e. The Kier molecular flexibility index (Phi) is 5.84. The fraction of sp³-hybridized carbons (Fsp3) is 0.182. The summed E-state index contributed by atoms with van der Waals surface area (Å²) in [4.78, 5) is 22.1. The zero-order chi connectivity index (χ0) is 20.8. The lowest BCUT2D eigenvalue weighted by Gasteiger charge is -2.06. The van der Waals surface area contributed by atoms with Gasteiger partial charge in [-0.2, -0.15) is 0 Å². The molecule has 0 unspecified atom stereocenters. The molecule has 2 aromatic heterocycles. The molecular weight excluding hydrogens is 386 g/mol. The molecule has 0 N–H and O–H groups in total. The quantitative estimate of drug-likeness (QED) is 0.240. The second-order valence-corrected chi connectivity index (χ2v) is 6.61. The average Bonchev–Trinajstić information content (AvgIpc) is 3.23. The van der Waals surface area contributed by atoms with Gasteiger partial charge in [0.05, 0.1) is 12.8 Å². The molecule has 0 radical (unpaired) electrons. The van der Waals surface area contributed by atoms with Crippen molar-refractivity contribution in [2.24, 2.45) is 0 Å². The van der Waals surface area contributed by atoms with Crippen LogP contribution in [0, 0.1) is 0 Å². The zero-order valence-electron chi connectivity index (χ0n) is 16.1. The van der Waals surface area contributed by atoms with Crippen molar-refractivity contribution >= 4 is 17.3 Å². The maximum atomic E-state index is 11.3. The first-order chi connectivity index (χ1) is 14.7. The Morgan fingerprint density at radius 2 is 1.90 bits per heavy atom. The van der Waals surface area contributed by atoms with Crippen LogP contribution < -0.4 is 15.1 Å². The van der Waals surface area contributed by atoms with Gasteiger partial charge in [-0.15, -0.1) is 5.10 Å². The van der Waals surface area contributed by atoms with E-state index in [-0.39, 0.29) is 12.2 Å². The zero-order valence-corrected chi connectivity index (χ0v) is 16.1. The number of hydrogen-bond acceptors (Lipinski definition) is 7. The predicted octanol–water partition coefficient (Wildman–Crippen LogP) is 3.25. The van der Waals surface area contributed by atoms with Gasteiger partial charge in [-0.3, -0.25) is 9.48 Å². The number of aromatic nitrogens is 3. The Balaban J connectivity index is 1.24. The molecule has 0 fully saturated rings. The van der Waals surface area contributed by atoms with Gasteiger partial charge in [-0.25, -0.2) is 4.79 Å². The molecule has 2 heterocycles. The molecule has 0 saturated carbocycles. The summed E-state index contributed by atoms with van der Waals surface area (Å²) in [6, 6.07) is 15.4. The number of rotatable bonds is 9. The molecule has 2 aromatic carbocycles. The summed E-state index contributed by atoms with van der Waals surface area (Å²) in [6.07, 6.45) is 3.31. The molecule has 0 aliphatic rings. The van der Waals surface area contributed by atoms with E-state index in [1.54, 1.807) is 41.1 Å². The molecule has 4 rings (SSSR count). The topological polar surface area (TPSA) is 96.5 Å². The number of fused-ring (bicyclic) bond motifs is 1. The minimum absolute atomic E-state index is 0.265. The standard InChI is InChI=1S/C22H19N3O5/c26-14-16-3-1-4-19(11-16)29-15-18-13-25(24-23-18)9-2-10-28-20-7-5-17-6-8-22(27)30-21(17)12-20/h1,3-8,11-14H,2,9-10,15H2. The summed E-state index contributed by atoms with van der Waals surface area (Å²) >= 11 is 0. The fourth-order valence-corrected chi connectivity index (χ4v) is 2.90. The average molecular weight is 405 g/mol. The molecular formula is C22H19N3O5. The van der Waals surface area contributed by atoms with Gasteiger partial charge in [0.25, 0.3) is 0 Å². The molecule has 0 atom stereocenters. The molecule has 0 amide bonds. The summed E-state index contributed by atoms with van der Waals surface area (Å²) in [5, 5.41) is 9.02. The van der Waals surface area contributed by atoms with Gasteiger partial charge in [0.15, 0.2) is 0 Å². The molecule has 0 bridgehead atoms. The van der Waals surface area contributed by atoms with Gasteiger partial charge in [-0.1, -0.05) is 17.3 Å². The van der Waals surface area contributed by atoms with Crippen LogP contribution in [-0.2, 0) is 13.2 Å². The Labute approximate surface area is 171 Å². The Morgan fingerprint density at radius 3 is 2.80 bits per heavy atom. The van der Waals surface area contributed by atoms with E-state index in [1.165, 1.54) is 6.07 Å². The molecule has 30 heavy (non-hydrogen) atoms. The number of carbonyl (C=O) groups excluding carboxylic acids is 1. The van der Waals surface area contributed by atoms with Crippen molar-refractivity contribution in [1.82, 2.24) is 15.0 Å². The minimum atomic E-state index is -0.387. The number of ether oxygens (including phenoxy) is 2. The highest BCUT2D eigenvalue weighted by Crippen LogP contribution is 2.19. The lowest BCUT2D eigenvalue weighted by Crippen LogP contribution is -2.05. The van der Waals surface area contributed by atoms with Crippen LogP contribution in [0.5, 0.6) is 11.5 Å². The van der Waals surface area contributed by atoms with E-state index in [0.717, 1.165) is 18.1 Å². The van der Waals surface area contributed by atoms with Crippen LogP contribution in [0.1, 0.15) is 22.5 Å². The van der Waals surface area contributed by atoms with Crippen LogP contribution >= 0.6 is 0 Å². The van der Waals surface area contributed by atoms with Crippen molar-refractivity contribution in [3.05, 3.63) is 82.5 Å². The summed E-state index contributed by atoms with van der Waals surface area (Å²) < 4.78 is 18.3. The van der Waals surface area contributed by atoms with Gasteiger partial charge < -0.3 is 13.9 Å². The molecule has 0 aliphatic heterocycles. The van der Waals surface area contributed by atoms with E-state index < -0.39 is 0 Å². The normalized spacial score (nSPS) is 10.8.